The maximum Gasteiger partial charge on any atom is 0.227 e. The highest BCUT2D eigenvalue weighted by atomic mass is 16.2. The van der Waals surface area contributed by atoms with Crippen LogP contribution in [0.5, 0.6) is 0 Å². The third-order valence-corrected chi connectivity index (χ3v) is 4.13. The van der Waals surface area contributed by atoms with Crippen molar-refractivity contribution in [2.75, 3.05) is 18.5 Å². The summed E-state index contributed by atoms with van der Waals surface area (Å²) < 4.78 is 0. The Morgan fingerprint density at radius 3 is 2.83 bits per heavy atom. The molecule has 0 spiro atoms. The molecule has 1 heterocycles. The Bertz CT molecular complexity index is 454. The van der Waals surface area contributed by atoms with Crippen LogP contribution in [0, 0.1) is 5.92 Å². The fraction of sp³-hybridized carbons (Fsp3) is 0.533. The number of amides is 1. The predicted octanol–water partition coefficient (Wildman–Crippen LogP) is 1.96. The van der Waals surface area contributed by atoms with E-state index in [1.165, 1.54) is 18.4 Å². The zero-order valence-electron chi connectivity index (χ0n) is 10.9. The van der Waals surface area contributed by atoms with E-state index in [1.807, 2.05) is 18.0 Å². The molecule has 0 radical (unpaired) electrons. The Labute approximate surface area is 108 Å². The number of fused-ring (bicyclic) bond motifs is 1. The van der Waals surface area contributed by atoms with E-state index < -0.39 is 0 Å². The lowest BCUT2D eigenvalue weighted by atomic mass is 10.00. The van der Waals surface area contributed by atoms with E-state index in [9.17, 15) is 4.79 Å². The van der Waals surface area contributed by atoms with Crippen molar-refractivity contribution in [2.45, 2.75) is 31.7 Å². The molecule has 1 saturated carbocycles. The van der Waals surface area contributed by atoms with Gasteiger partial charge in [0.05, 0.1) is 0 Å². The Morgan fingerprint density at radius 2 is 2.11 bits per heavy atom. The van der Waals surface area contributed by atoms with Gasteiger partial charge in [-0.15, -0.1) is 0 Å². The normalized spacial score (nSPS) is 20.7. The van der Waals surface area contributed by atoms with Crippen LogP contribution in [-0.4, -0.2) is 25.5 Å². The van der Waals surface area contributed by atoms with E-state index in [0.717, 1.165) is 24.6 Å². The second-order valence-electron chi connectivity index (χ2n) is 5.37. The van der Waals surface area contributed by atoms with Gasteiger partial charge in [0.25, 0.3) is 0 Å². The molecule has 1 fully saturated rings. The van der Waals surface area contributed by atoms with Crippen molar-refractivity contribution in [3.63, 3.8) is 0 Å². The average Bonchev–Trinajstić information content (AvgIpc) is 3.22. The summed E-state index contributed by atoms with van der Waals surface area (Å²) in [6.45, 7) is 0.816. The molecule has 1 aliphatic carbocycles. The molecular weight excluding hydrogens is 224 g/mol. The smallest absolute Gasteiger partial charge is 0.227 e. The van der Waals surface area contributed by atoms with Gasteiger partial charge in [0.15, 0.2) is 0 Å². The zero-order chi connectivity index (χ0) is 12.5. The Kier molecular flexibility index (Phi) is 3.08. The van der Waals surface area contributed by atoms with Gasteiger partial charge in [-0.05, 0) is 43.9 Å². The van der Waals surface area contributed by atoms with Crippen LogP contribution in [0.3, 0.4) is 0 Å². The van der Waals surface area contributed by atoms with Crippen LogP contribution >= 0.6 is 0 Å². The number of carbonyl (C=O) groups is 1. The van der Waals surface area contributed by atoms with E-state index in [-0.39, 0.29) is 5.91 Å². The summed E-state index contributed by atoms with van der Waals surface area (Å²) >= 11 is 0. The summed E-state index contributed by atoms with van der Waals surface area (Å²) in [4.78, 5) is 14.1. The predicted molar refractivity (Wildman–Crippen MR) is 72.7 cm³/mol. The van der Waals surface area contributed by atoms with Crippen LogP contribution in [0.2, 0.25) is 0 Å². The van der Waals surface area contributed by atoms with Crippen molar-refractivity contribution in [3.8, 4) is 0 Å². The zero-order valence-corrected chi connectivity index (χ0v) is 10.9. The number of para-hydroxylation sites is 1. The minimum absolute atomic E-state index is 0.273. The van der Waals surface area contributed by atoms with Crippen molar-refractivity contribution in [3.05, 3.63) is 29.8 Å². The molecule has 1 aromatic rings. The van der Waals surface area contributed by atoms with Crippen molar-refractivity contribution >= 4 is 11.6 Å². The maximum atomic E-state index is 12.1. The van der Waals surface area contributed by atoms with Crippen LogP contribution in [0.4, 0.5) is 5.69 Å². The highest BCUT2D eigenvalue weighted by molar-refractivity contribution is 5.96. The number of anilines is 1. The Balaban J connectivity index is 1.83. The van der Waals surface area contributed by atoms with Crippen molar-refractivity contribution in [2.24, 2.45) is 5.92 Å². The number of benzene rings is 1. The van der Waals surface area contributed by atoms with E-state index in [2.05, 4.69) is 23.5 Å². The molecule has 3 heteroatoms. The fourth-order valence-corrected chi connectivity index (χ4v) is 2.87. The molecule has 0 saturated heterocycles. The summed E-state index contributed by atoms with van der Waals surface area (Å²) in [6.07, 6.45) is 4.14. The lowest BCUT2D eigenvalue weighted by Gasteiger charge is -2.32. The Hall–Kier alpha value is -1.35. The monoisotopic (exact) mass is 244 g/mol. The number of hydrogen-bond acceptors (Lipinski definition) is 2. The molecule has 18 heavy (non-hydrogen) atoms. The summed E-state index contributed by atoms with van der Waals surface area (Å²) in [5, 5.41) is 3.37. The van der Waals surface area contributed by atoms with Crippen LogP contribution in [0.25, 0.3) is 0 Å². The maximum absolute atomic E-state index is 12.1. The van der Waals surface area contributed by atoms with Gasteiger partial charge in [0.1, 0.15) is 0 Å². The van der Waals surface area contributed by atoms with Crippen LogP contribution in [0.1, 0.15) is 24.8 Å². The van der Waals surface area contributed by atoms with Crippen molar-refractivity contribution < 1.29 is 4.79 Å². The lowest BCUT2D eigenvalue weighted by molar-refractivity contribution is -0.119. The number of rotatable bonds is 4. The first-order valence-electron chi connectivity index (χ1n) is 6.85. The summed E-state index contributed by atoms with van der Waals surface area (Å²) in [5.41, 5.74) is 2.43. The molecule has 1 aromatic carbocycles. The van der Waals surface area contributed by atoms with Gasteiger partial charge in [0, 0.05) is 24.7 Å². The second kappa shape index (κ2) is 4.73. The number of aryl methyl sites for hydroxylation is 1. The first-order chi connectivity index (χ1) is 8.79. The molecule has 1 N–H and O–H groups in total. The second-order valence-corrected chi connectivity index (χ2v) is 5.37. The van der Waals surface area contributed by atoms with E-state index in [4.69, 9.17) is 0 Å². The molecule has 3 rings (SSSR count). The van der Waals surface area contributed by atoms with Gasteiger partial charge in [-0.25, -0.2) is 0 Å². The first kappa shape index (κ1) is 11.7. The highest BCUT2D eigenvalue weighted by Gasteiger charge is 2.34. The molecule has 0 aromatic heterocycles. The quantitative estimate of drug-likeness (QED) is 0.878. The minimum atomic E-state index is 0.273. The SMILES string of the molecule is CNC(CN1C(=O)CCc2ccccc21)C1CC1. The molecule has 3 nitrogen and oxygen atoms in total. The summed E-state index contributed by atoms with van der Waals surface area (Å²) in [5.74, 6) is 1.03. The molecule has 0 bridgehead atoms. The van der Waals surface area contributed by atoms with E-state index in [0.29, 0.717) is 12.5 Å². The average molecular weight is 244 g/mol. The summed E-state index contributed by atoms with van der Waals surface area (Å²) in [6, 6.07) is 8.74. The van der Waals surface area contributed by atoms with Gasteiger partial charge in [-0.2, -0.15) is 0 Å². The number of carbonyl (C=O) groups excluding carboxylic acids is 1. The van der Waals surface area contributed by atoms with Gasteiger partial charge in [-0.3, -0.25) is 4.79 Å². The summed E-state index contributed by atoms with van der Waals surface area (Å²) in [7, 11) is 2.00. The van der Waals surface area contributed by atoms with Gasteiger partial charge in [0.2, 0.25) is 5.91 Å². The fourth-order valence-electron chi connectivity index (χ4n) is 2.87. The molecule has 1 atom stereocenters. The number of nitrogens with one attached hydrogen (secondary N) is 1. The standard InChI is InChI=1S/C15H20N2O/c1-16-13(11-6-7-11)10-17-14-5-3-2-4-12(14)8-9-15(17)18/h2-5,11,13,16H,6-10H2,1H3. The van der Waals surface area contributed by atoms with Crippen LogP contribution in [0.15, 0.2) is 24.3 Å². The first-order valence-corrected chi connectivity index (χ1v) is 6.85. The number of hydrogen-bond donors (Lipinski definition) is 1. The highest BCUT2D eigenvalue weighted by Crippen LogP contribution is 2.35. The van der Waals surface area contributed by atoms with Crippen molar-refractivity contribution in [1.29, 1.82) is 0 Å². The van der Waals surface area contributed by atoms with Gasteiger partial charge in [-0.1, -0.05) is 18.2 Å². The molecule has 96 valence electrons. The van der Waals surface area contributed by atoms with Gasteiger partial charge < -0.3 is 10.2 Å². The largest absolute Gasteiger partial charge is 0.315 e. The molecule has 1 amide bonds. The number of nitrogens with zero attached hydrogens (tertiary/aromatic N) is 1. The Morgan fingerprint density at radius 1 is 1.33 bits per heavy atom. The lowest BCUT2D eigenvalue weighted by Crippen LogP contribution is -2.45. The molecule has 1 aliphatic heterocycles. The topological polar surface area (TPSA) is 32.3 Å². The molecular formula is C15H20N2O. The third kappa shape index (κ3) is 2.15. The molecule has 2 aliphatic rings. The van der Waals surface area contributed by atoms with Crippen LogP contribution in [-0.2, 0) is 11.2 Å². The molecule has 1 unspecified atom stereocenters. The van der Waals surface area contributed by atoms with Crippen molar-refractivity contribution in [1.82, 2.24) is 5.32 Å². The third-order valence-electron chi connectivity index (χ3n) is 4.13. The van der Waals surface area contributed by atoms with Gasteiger partial charge >= 0.3 is 0 Å². The minimum Gasteiger partial charge on any atom is -0.315 e. The van der Waals surface area contributed by atoms with E-state index in [1.54, 1.807) is 0 Å². The van der Waals surface area contributed by atoms with Crippen LogP contribution < -0.4 is 10.2 Å². The number of likely N-dealkylation sites (N-methyl/N-ethyl adjacent to an activating group) is 1. The van der Waals surface area contributed by atoms with E-state index >= 15 is 0 Å².